The average molecular weight is 490 g/mol. The van der Waals surface area contributed by atoms with Gasteiger partial charge in [0.2, 0.25) is 0 Å². The number of oxime groups is 1. The zero-order valence-corrected chi connectivity index (χ0v) is 18.8. The van der Waals surface area contributed by atoms with Gasteiger partial charge in [-0.15, -0.1) is 0 Å². The van der Waals surface area contributed by atoms with Crippen LogP contribution in [0, 0.1) is 0 Å². The predicted molar refractivity (Wildman–Crippen MR) is 116 cm³/mol. The Labute approximate surface area is 192 Å². The number of carbonyl (C=O) groups excluding carboxylic acids is 1. The van der Waals surface area contributed by atoms with Crippen LogP contribution in [-0.2, 0) is 15.2 Å². The molecule has 0 saturated heterocycles. The third-order valence-corrected chi connectivity index (χ3v) is 5.00. The summed E-state index contributed by atoms with van der Waals surface area (Å²) >= 11 is 11.8. The highest BCUT2D eigenvalue weighted by Gasteiger charge is 2.62. The molecule has 0 fully saturated rings. The van der Waals surface area contributed by atoms with Crippen molar-refractivity contribution in [3.8, 4) is 0 Å². The molecule has 0 spiro atoms. The minimum absolute atomic E-state index is 0.0119. The van der Waals surface area contributed by atoms with Gasteiger partial charge in [0, 0.05) is 27.6 Å². The van der Waals surface area contributed by atoms with E-state index < -0.39 is 29.9 Å². The molecule has 0 aliphatic carbocycles. The van der Waals surface area contributed by atoms with Crippen LogP contribution < -0.4 is 10.9 Å². The van der Waals surface area contributed by atoms with Gasteiger partial charge in [-0.2, -0.15) is 13.2 Å². The van der Waals surface area contributed by atoms with Crippen molar-refractivity contribution in [3.63, 3.8) is 0 Å². The highest BCUT2D eigenvalue weighted by Crippen LogP contribution is 2.49. The van der Waals surface area contributed by atoms with Gasteiger partial charge in [0.1, 0.15) is 5.60 Å². The van der Waals surface area contributed by atoms with Gasteiger partial charge < -0.3 is 9.57 Å². The summed E-state index contributed by atoms with van der Waals surface area (Å²) in [5, 5.41) is 4.53. The Bertz CT molecular complexity index is 1050. The quantitative estimate of drug-likeness (QED) is 0.316. The van der Waals surface area contributed by atoms with Crippen molar-refractivity contribution >= 4 is 40.7 Å². The number of anilines is 1. The van der Waals surface area contributed by atoms with E-state index in [1.807, 2.05) is 0 Å². The van der Waals surface area contributed by atoms with Crippen LogP contribution in [-0.4, -0.2) is 23.6 Å². The van der Waals surface area contributed by atoms with E-state index in [4.69, 9.17) is 38.6 Å². The molecule has 0 unspecified atom stereocenters. The summed E-state index contributed by atoms with van der Waals surface area (Å²) in [5.41, 5.74) is -3.30. The molecule has 1 atom stereocenters. The van der Waals surface area contributed by atoms with Crippen LogP contribution in [0.5, 0.6) is 0 Å². The van der Waals surface area contributed by atoms with Gasteiger partial charge in [0.25, 0.3) is 5.60 Å². The fourth-order valence-electron chi connectivity index (χ4n) is 3.10. The largest absolute Gasteiger partial charge is 0.442 e. The first-order valence-corrected chi connectivity index (χ1v) is 10.1. The van der Waals surface area contributed by atoms with Crippen LogP contribution in [0.1, 0.15) is 38.3 Å². The molecule has 2 aromatic carbocycles. The van der Waals surface area contributed by atoms with E-state index in [9.17, 15) is 18.0 Å². The summed E-state index contributed by atoms with van der Waals surface area (Å²) < 4.78 is 47.7. The van der Waals surface area contributed by atoms with E-state index in [1.54, 1.807) is 20.8 Å². The number of benzene rings is 2. The minimum atomic E-state index is -4.82. The van der Waals surface area contributed by atoms with Crippen molar-refractivity contribution in [2.75, 3.05) is 5.01 Å². The molecular weight excluding hydrogens is 470 g/mol. The minimum Gasteiger partial charge on any atom is -0.442 e. The first kappa shape index (κ1) is 24.2. The first-order chi connectivity index (χ1) is 14.7. The Balaban J connectivity index is 1.92. The molecule has 11 heteroatoms. The summed E-state index contributed by atoms with van der Waals surface area (Å²) in [6, 6.07) is 9.59. The molecule has 0 radical (unpaired) electrons. The van der Waals surface area contributed by atoms with Gasteiger partial charge in [-0.3, -0.25) is 0 Å². The molecule has 2 aromatic rings. The molecule has 32 heavy (non-hydrogen) atoms. The van der Waals surface area contributed by atoms with Crippen LogP contribution in [0.4, 0.5) is 23.7 Å². The smallest absolute Gasteiger partial charge is 0.435 e. The lowest BCUT2D eigenvalue weighted by atomic mass is 9.86. The molecule has 3 rings (SSSR count). The number of hydrogen-bond donors (Lipinski definition) is 1. The number of alkyl halides is 3. The van der Waals surface area contributed by atoms with E-state index in [-0.39, 0.29) is 27.0 Å². The highest BCUT2D eigenvalue weighted by molar-refractivity contribution is 6.34. The Morgan fingerprint density at radius 2 is 1.78 bits per heavy atom. The lowest BCUT2D eigenvalue weighted by Crippen LogP contribution is -2.42. The standard InChI is InChI=1S/C21H20Cl2F3N3O3/c1-19(2,3)31-18(30)29(27)16-6-4-5-12(7-16)17-11-20(32-28-17,21(24,25)26)13-8-14(22)10-15(23)9-13/h4-10H,11,27H2,1-3H3/t20-/m1/s1. The zero-order valence-electron chi connectivity index (χ0n) is 17.3. The number of rotatable bonds is 3. The third kappa shape index (κ3) is 4.95. The van der Waals surface area contributed by atoms with Crippen LogP contribution >= 0.6 is 23.2 Å². The van der Waals surface area contributed by atoms with E-state index in [2.05, 4.69) is 5.16 Å². The normalized spacial score (nSPS) is 18.7. The molecule has 1 aliphatic rings. The summed E-state index contributed by atoms with van der Waals surface area (Å²) in [6.07, 6.45) is -6.27. The van der Waals surface area contributed by atoms with Crippen LogP contribution in [0.15, 0.2) is 47.6 Å². The average Bonchev–Trinajstić information content (AvgIpc) is 3.12. The number of nitrogens with zero attached hydrogens (tertiary/aromatic N) is 2. The zero-order chi connectivity index (χ0) is 23.9. The van der Waals surface area contributed by atoms with E-state index in [0.717, 1.165) is 17.1 Å². The molecule has 6 nitrogen and oxygen atoms in total. The lowest BCUT2D eigenvalue weighted by Gasteiger charge is -2.29. The number of nitrogens with two attached hydrogens (primary N) is 1. The summed E-state index contributed by atoms with van der Waals surface area (Å²) in [6.45, 7) is 5.04. The van der Waals surface area contributed by atoms with Gasteiger partial charge in [0.05, 0.1) is 11.4 Å². The summed E-state index contributed by atoms with van der Waals surface area (Å²) in [7, 11) is 0. The molecule has 1 heterocycles. The summed E-state index contributed by atoms with van der Waals surface area (Å²) in [4.78, 5) is 17.2. The Kier molecular flexibility index (Phi) is 6.38. The Morgan fingerprint density at radius 1 is 1.16 bits per heavy atom. The summed E-state index contributed by atoms with van der Waals surface area (Å²) in [5.74, 6) is 5.84. The number of carbonyl (C=O) groups is 1. The SMILES string of the molecule is CC(C)(C)OC(=O)N(N)c1cccc(C2=NO[C@](c3cc(Cl)cc(Cl)c3)(C(F)(F)F)C2)c1. The second-order valence-electron chi connectivity index (χ2n) is 8.19. The van der Waals surface area contributed by atoms with Crippen LogP contribution in [0.2, 0.25) is 10.0 Å². The number of amides is 1. The molecule has 1 amide bonds. The van der Waals surface area contributed by atoms with Crippen molar-refractivity contribution in [1.29, 1.82) is 0 Å². The second-order valence-corrected chi connectivity index (χ2v) is 9.06. The van der Waals surface area contributed by atoms with E-state index >= 15 is 0 Å². The maximum absolute atomic E-state index is 14.2. The van der Waals surface area contributed by atoms with Gasteiger partial charge in [0.15, 0.2) is 0 Å². The lowest BCUT2D eigenvalue weighted by molar-refractivity contribution is -0.275. The topological polar surface area (TPSA) is 77.2 Å². The third-order valence-electron chi connectivity index (χ3n) is 4.56. The maximum atomic E-state index is 14.2. The maximum Gasteiger partial charge on any atom is 0.435 e. The molecule has 0 saturated carbocycles. The van der Waals surface area contributed by atoms with Crippen LogP contribution in [0.25, 0.3) is 0 Å². The van der Waals surface area contributed by atoms with Gasteiger partial charge >= 0.3 is 12.3 Å². The van der Waals surface area contributed by atoms with Crippen molar-refractivity contribution in [3.05, 3.63) is 63.6 Å². The molecule has 172 valence electrons. The van der Waals surface area contributed by atoms with Gasteiger partial charge in [-0.1, -0.05) is 40.5 Å². The number of hydrogen-bond acceptors (Lipinski definition) is 5. The fourth-order valence-corrected chi connectivity index (χ4v) is 3.62. The first-order valence-electron chi connectivity index (χ1n) is 9.38. The van der Waals surface area contributed by atoms with Gasteiger partial charge in [-0.05, 0) is 51.1 Å². The number of ether oxygens (including phenoxy) is 1. The van der Waals surface area contributed by atoms with Crippen LogP contribution in [0.3, 0.4) is 0 Å². The van der Waals surface area contributed by atoms with Gasteiger partial charge in [-0.25, -0.2) is 15.6 Å². The molecule has 0 aromatic heterocycles. The molecule has 1 aliphatic heterocycles. The monoisotopic (exact) mass is 489 g/mol. The predicted octanol–water partition coefficient (Wildman–Crippen LogP) is 6.19. The molecule has 0 bridgehead atoms. The highest BCUT2D eigenvalue weighted by atomic mass is 35.5. The second kappa shape index (κ2) is 8.46. The van der Waals surface area contributed by atoms with Crippen molar-refractivity contribution in [2.24, 2.45) is 11.0 Å². The fraction of sp³-hybridized carbons (Fsp3) is 0.333. The Hall–Kier alpha value is -2.49. The molecule has 2 N–H and O–H groups in total. The van der Waals surface area contributed by atoms with Crippen molar-refractivity contribution in [1.82, 2.24) is 0 Å². The Morgan fingerprint density at radius 3 is 2.34 bits per heavy atom. The van der Waals surface area contributed by atoms with Crippen molar-refractivity contribution < 1.29 is 27.5 Å². The van der Waals surface area contributed by atoms with E-state index in [0.29, 0.717) is 5.56 Å². The van der Waals surface area contributed by atoms with E-state index in [1.165, 1.54) is 30.3 Å². The number of halogens is 5. The number of hydrazine groups is 1. The molecular formula is C21H20Cl2F3N3O3. The van der Waals surface area contributed by atoms with Crippen molar-refractivity contribution in [2.45, 2.75) is 44.6 Å².